The van der Waals surface area contributed by atoms with Crippen molar-refractivity contribution in [3.63, 3.8) is 0 Å². The molecule has 2 aromatic carbocycles. The number of rotatable bonds is 2. The summed E-state index contributed by atoms with van der Waals surface area (Å²) in [5.41, 5.74) is 7.51. The van der Waals surface area contributed by atoms with E-state index in [-0.39, 0.29) is 11.6 Å². The zero-order chi connectivity index (χ0) is 22.0. The van der Waals surface area contributed by atoms with Crippen LogP contribution in [-0.2, 0) is 0 Å². The van der Waals surface area contributed by atoms with Gasteiger partial charge in [0.2, 0.25) is 0 Å². The molecule has 3 aliphatic rings. The number of fused-ring (bicyclic) bond motifs is 3. The standard InChI is InChI=1S/C28H36N2/c1-19-13-9-11-17-23(19)29-20(2)26-25(21-14-7-6-8-15-21)22-16-10-12-18-24(22)30(26)27(29)28(3,4)5/h9-13,16-18,21,25,27H,6-8,14-15H2,1-5H3/i25D. The summed E-state index contributed by atoms with van der Waals surface area (Å²) in [6.07, 6.45) is 6.30. The molecule has 2 aromatic rings. The van der Waals surface area contributed by atoms with Crippen LogP contribution >= 0.6 is 0 Å². The molecule has 0 radical (unpaired) electrons. The van der Waals surface area contributed by atoms with E-state index in [4.69, 9.17) is 0 Å². The van der Waals surface area contributed by atoms with Gasteiger partial charge in [0.15, 0.2) is 0 Å². The molecule has 1 aliphatic carbocycles. The number of anilines is 2. The van der Waals surface area contributed by atoms with E-state index in [0.29, 0.717) is 5.92 Å². The van der Waals surface area contributed by atoms with Crippen molar-refractivity contribution in [2.24, 2.45) is 11.3 Å². The van der Waals surface area contributed by atoms with Crippen LogP contribution in [0.25, 0.3) is 0 Å². The number of hydrogen-bond acceptors (Lipinski definition) is 2. The van der Waals surface area contributed by atoms with Gasteiger partial charge >= 0.3 is 0 Å². The zero-order valence-corrected chi connectivity index (χ0v) is 19.2. The highest BCUT2D eigenvalue weighted by Crippen LogP contribution is 2.58. The first-order valence-electron chi connectivity index (χ1n) is 12.2. The molecule has 158 valence electrons. The normalized spacial score (nSPS) is 27.4. The summed E-state index contributed by atoms with van der Waals surface area (Å²) < 4.78 is 10.1. The maximum atomic E-state index is 10.1. The summed E-state index contributed by atoms with van der Waals surface area (Å²) in [6.45, 7) is 11.5. The predicted molar refractivity (Wildman–Crippen MR) is 128 cm³/mol. The maximum Gasteiger partial charge on any atom is 0.115 e. The van der Waals surface area contributed by atoms with Gasteiger partial charge in [0, 0.05) is 35.4 Å². The Bertz CT molecular complexity index is 1030. The van der Waals surface area contributed by atoms with Crippen LogP contribution < -0.4 is 9.80 Å². The predicted octanol–water partition coefficient (Wildman–Crippen LogP) is 7.60. The second kappa shape index (κ2) is 7.18. The molecule has 2 heterocycles. The molecule has 0 aromatic heterocycles. The minimum atomic E-state index is -0.665. The van der Waals surface area contributed by atoms with Gasteiger partial charge in [0.25, 0.3) is 0 Å². The van der Waals surface area contributed by atoms with Gasteiger partial charge in [0.05, 0.1) is 0 Å². The van der Waals surface area contributed by atoms with E-state index in [0.717, 1.165) is 12.8 Å². The zero-order valence-electron chi connectivity index (χ0n) is 20.2. The molecule has 0 spiro atoms. The van der Waals surface area contributed by atoms with Gasteiger partial charge in [-0.1, -0.05) is 76.4 Å². The van der Waals surface area contributed by atoms with Gasteiger partial charge in [0.1, 0.15) is 6.17 Å². The molecule has 2 atom stereocenters. The Morgan fingerprint density at radius 1 is 0.833 bits per heavy atom. The van der Waals surface area contributed by atoms with E-state index >= 15 is 0 Å². The van der Waals surface area contributed by atoms with Crippen molar-refractivity contribution in [3.05, 3.63) is 71.1 Å². The van der Waals surface area contributed by atoms with Crippen molar-refractivity contribution in [1.29, 1.82) is 0 Å². The van der Waals surface area contributed by atoms with Crippen LogP contribution in [0.15, 0.2) is 59.9 Å². The Kier molecular flexibility index (Phi) is 4.44. The Hall–Kier alpha value is -2.22. The third-order valence-corrected chi connectivity index (χ3v) is 7.31. The number of benzene rings is 2. The molecule has 2 heteroatoms. The average Bonchev–Trinajstić information content (AvgIpc) is 3.21. The number of aryl methyl sites for hydroxylation is 1. The molecule has 0 N–H and O–H groups in total. The van der Waals surface area contributed by atoms with E-state index in [1.165, 1.54) is 53.2 Å². The van der Waals surface area contributed by atoms with Crippen molar-refractivity contribution >= 4 is 11.4 Å². The highest BCUT2D eigenvalue weighted by molar-refractivity contribution is 5.77. The fourth-order valence-corrected chi connectivity index (χ4v) is 6.05. The maximum absolute atomic E-state index is 10.1. The van der Waals surface area contributed by atoms with E-state index in [9.17, 15) is 1.37 Å². The monoisotopic (exact) mass is 401 g/mol. The fraction of sp³-hybridized carbons (Fsp3) is 0.500. The molecule has 5 rings (SSSR count). The highest BCUT2D eigenvalue weighted by Gasteiger charge is 2.52. The number of nitrogens with zero attached hydrogens (tertiary/aromatic N) is 2. The summed E-state index contributed by atoms with van der Waals surface area (Å²) >= 11 is 0. The molecule has 0 amide bonds. The lowest BCUT2D eigenvalue weighted by molar-refractivity contribution is 0.312. The second-order valence-corrected chi connectivity index (χ2v) is 10.5. The summed E-state index contributed by atoms with van der Waals surface area (Å²) in [5.74, 6) is -0.281. The van der Waals surface area contributed by atoms with Crippen LogP contribution in [0.3, 0.4) is 0 Å². The van der Waals surface area contributed by atoms with Crippen LogP contribution in [0.2, 0.25) is 0 Å². The van der Waals surface area contributed by atoms with Crippen molar-refractivity contribution in [2.45, 2.75) is 78.8 Å². The van der Waals surface area contributed by atoms with Gasteiger partial charge in [-0.05, 0) is 55.9 Å². The SMILES string of the molecule is [2H]C1(C2CCCCC2)C2=C(C)N(c3ccccc3C)C(C(C)(C)C)N2c2ccccc21. The van der Waals surface area contributed by atoms with Gasteiger partial charge in [-0.15, -0.1) is 0 Å². The Morgan fingerprint density at radius 3 is 2.13 bits per heavy atom. The fourth-order valence-electron chi connectivity index (χ4n) is 6.05. The first-order chi connectivity index (χ1) is 14.8. The number of allylic oxidation sites excluding steroid dienone is 2. The van der Waals surface area contributed by atoms with Gasteiger partial charge < -0.3 is 9.80 Å². The first kappa shape index (κ1) is 18.5. The molecular formula is C28H36N2. The van der Waals surface area contributed by atoms with Crippen molar-refractivity contribution in [3.8, 4) is 0 Å². The molecule has 0 saturated heterocycles. The lowest BCUT2D eigenvalue weighted by Crippen LogP contribution is -2.49. The van der Waals surface area contributed by atoms with Crippen LogP contribution in [0, 0.1) is 18.3 Å². The quantitative estimate of drug-likeness (QED) is 0.511. The average molecular weight is 402 g/mol. The summed E-state index contributed by atoms with van der Waals surface area (Å²) in [6, 6.07) is 17.5. The summed E-state index contributed by atoms with van der Waals surface area (Å²) in [7, 11) is 0. The molecule has 2 unspecified atom stereocenters. The molecular weight excluding hydrogens is 364 g/mol. The third-order valence-electron chi connectivity index (χ3n) is 7.31. The van der Waals surface area contributed by atoms with Gasteiger partial charge in [-0.25, -0.2) is 0 Å². The minimum Gasteiger partial charge on any atom is -0.322 e. The number of para-hydroxylation sites is 2. The van der Waals surface area contributed by atoms with Crippen LogP contribution in [-0.4, -0.2) is 6.17 Å². The molecule has 1 fully saturated rings. The van der Waals surface area contributed by atoms with E-state index in [1.54, 1.807) is 0 Å². The second-order valence-electron chi connectivity index (χ2n) is 10.5. The minimum absolute atomic E-state index is 0.0101. The topological polar surface area (TPSA) is 6.48 Å². The molecule has 0 bridgehead atoms. The van der Waals surface area contributed by atoms with Crippen LogP contribution in [0.4, 0.5) is 11.4 Å². The van der Waals surface area contributed by atoms with E-state index in [2.05, 4.69) is 92.9 Å². The van der Waals surface area contributed by atoms with Crippen LogP contribution in [0.5, 0.6) is 0 Å². The molecule has 2 aliphatic heterocycles. The lowest BCUT2D eigenvalue weighted by Gasteiger charge is -2.42. The third kappa shape index (κ3) is 2.91. The molecule has 30 heavy (non-hydrogen) atoms. The van der Waals surface area contributed by atoms with E-state index < -0.39 is 5.89 Å². The molecule has 1 saturated carbocycles. The van der Waals surface area contributed by atoms with Crippen molar-refractivity contribution in [1.82, 2.24) is 0 Å². The number of hydrogen-bond donors (Lipinski definition) is 0. The van der Waals surface area contributed by atoms with E-state index in [1.807, 2.05) is 0 Å². The summed E-state index contributed by atoms with van der Waals surface area (Å²) in [4.78, 5) is 5.07. The van der Waals surface area contributed by atoms with Crippen molar-refractivity contribution in [2.75, 3.05) is 9.80 Å². The van der Waals surface area contributed by atoms with Crippen molar-refractivity contribution < 1.29 is 1.37 Å². The van der Waals surface area contributed by atoms with Gasteiger partial charge in [-0.2, -0.15) is 0 Å². The first-order valence-corrected chi connectivity index (χ1v) is 11.7. The Morgan fingerprint density at radius 2 is 1.47 bits per heavy atom. The molecule has 2 nitrogen and oxygen atoms in total. The largest absolute Gasteiger partial charge is 0.322 e. The highest BCUT2D eigenvalue weighted by atomic mass is 15.4. The summed E-state index contributed by atoms with van der Waals surface area (Å²) in [5, 5.41) is 0. The smallest absolute Gasteiger partial charge is 0.115 e. The Balaban J connectivity index is 1.77. The van der Waals surface area contributed by atoms with Gasteiger partial charge in [-0.3, -0.25) is 0 Å². The van der Waals surface area contributed by atoms with Crippen LogP contribution in [0.1, 0.15) is 78.2 Å². The Labute approximate surface area is 184 Å². The lowest BCUT2D eigenvalue weighted by atomic mass is 9.76.